The van der Waals surface area contributed by atoms with Gasteiger partial charge >= 0.3 is 0 Å². The number of nitrogens with zero attached hydrogens (tertiary/aromatic N) is 5. The fourth-order valence-electron chi connectivity index (χ4n) is 4.19. The predicted octanol–water partition coefficient (Wildman–Crippen LogP) is 1.56. The predicted molar refractivity (Wildman–Crippen MR) is 132 cm³/mol. The first-order chi connectivity index (χ1) is 17.5. The van der Waals surface area contributed by atoms with Crippen molar-refractivity contribution in [1.29, 1.82) is 0 Å². The van der Waals surface area contributed by atoms with Crippen molar-refractivity contribution in [1.82, 2.24) is 29.8 Å². The van der Waals surface area contributed by atoms with Crippen LogP contribution in [-0.4, -0.2) is 65.5 Å². The number of benzene rings is 1. The Morgan fingerprint density at radius 1 is 1.14 bits per heavy atom. The molecule has 186 valence electrons. The van der Waals surface area contributed by atoms with Crippen LogP contribution in [0.4, 0.5) is 5.82 Å². The molecule has 1 aliphatic heterocycles. The summed E-state index contributed by atoms with van der Waals surface area (Å²) in [7, 11) is 0. The van der Waals surface area contributed by atoms with E-state index in [1.807, 2.05) is 43.3 Å². The number of imidazole rings is 1. The first-order valence-corrected chi connectivity index (χ1v) is 11.7. The van der Waals surface area contributed by atoms with E-state index in [9.17, 15) is 15.0 Å². The molecule has 0 spiro atoms. The Labute approximate surface area is 207 Å². The number of nitrogens with one attached hydrogen (secondary N) is 2. The number of aromatic nitrogens is 5. The average Bonchev–Trinajstić information content (AvgIpc) is 3.44. The van der Waals surface area contributed by atoms with E-state index < -0.39 is 30.4 Å². The summed E-state index contributed by atoms with van der Waals surface area (Å²) in [6.45, 7) is 4.57. The monoisotopic (exact) mass is 489 g/mol. The second-order valence-electron chi connectivity index (χ2n) is 8.63. The lowest BCUT2D eigenvalue weighted by molar-refractivity contribution is -0.137. The molecule has 4 aromatic rings. The molecule has 4 N–H and O–H groups in total. The Morgan fingerprint density at radius 3 is 2.69 bits per heavy atom. The Balaban J connectivity index is 1.56. The summed E-state index contributed by atoms with van der Waals surface area (Å²) >= 11 is 0. The highest BCUT2D eigenvalue weighted by Crippen LogP contribution is 2.33. The molecular weight excluding hydrogens is 462 g/mol. The van der Waals surface area contributed by atoms with Crippen molar-refractivity contribution in [2.24, 2.45) is 0 Å². The molecule has 1 fully saturated rings. The number of fused-ring (bicyclic) bond motifs is 1. The summed E-state index contributed by atoms with van der Waals surface area (Å²) in [5.74, 6) is 0.402. The molecule has 0 unspecified atom stereocenters. The van der Waals surface area contributed by atoms with Gasteiger partial charge in [-0.05, 0) is 31.0 Å². The fourth-order valence-corrected chi connectivity index (χ4v) is 4.19. The number of hydrogen-bond donors (Lipinski definition) is 4. The maximum absolute atomic E-state index is 12.4. The second-order valence-corrected chi connectivity index (χ2v) is 8.63. The minimum Gasteiger partial charge on any atom is -0.387 e. The van der Waals surface area contributed by atoms with E-state index >= 15 is 0 Å². The summed E-state index contributed by atoms with van der Waals surface area (Å²) < 4.78 is 7.32. The van der Waals surface area contributed by atoms with Gasteiger partial charge in [0.1, 0.15) is 12.2 Å². The molecule has 3 aromatic heterocycles. The van der Waals surface area contributed by atoms with E-state index in [2.05, 4.69) is 20.6 Å². The van der Waals surface area contributed by atoms with Gasteiger partial charge in [0.2, 0.25) is 0 Å². The van der Waals surface area contributed by atoms with Crippen molar-refractivity contribution in [3.8, 4) is 11.4 Å². The SMILES string of the molecule is CCNC(=O)[C@H]1O[C@@H](n2cnc3c(NCc4ccccc4)nc(-c4cncc(C)c4)nc32)[C@H](O)[C@@H]1O. The van der Waals surface area contributed by atoms with E-state index in [4.69, 9.17) is 14.7 Å². The Kier molecular flexibility index (Phi) is 6.59. The minimum absolute atomic E-state index is 0.373. The lowest BCUT2D eigenvalue weighted by Crippen LogP contribution is -2.42. The van der Waals surface area contributed by atoms with Crippen LogP contribution in [0.5, 0.6) is 0 Å². The first kappa shape index (κ1) is 23.8. The van der Waals surface area contributed by atoms with Crippen LogP contribution in [0.2, 0.25) is 0 Å². The molecule has 11 nitrogen and oxygen atoms in total. The zero-order valence-corrected chi connectivity index (χ0v) is 19.9. The Morgan fingerprint density at radius 2 is 1.94 bits per heavy atom. The summed E-state index contributed by atoms with van der Waals surface area (Å²) in [6.07, 6.45) is -0.186. The second kappa shape index (κ2) is 9.97. The third kappa shape index (κ3) is 4.51. The van der Waals surface area contributed by atoms with Crippen molar-refractivity contribution in [2.75, 3.05) is 11.9 Å². The number of ether oxygens (including phenoxy) is 1. The van der Waals surface area contributed by atoms with Gasteiger partial charge in [-0.3, -0.25) is 14.3 Å². The number of hydrogen-bond acceptors (Lipinski definition) is 9. The van der Waals surface area contributed by atoms with Crippen molar-refractivity contribution >= 4 is 22.9 Å². The number of aliphatic hydroxyl groups is 2. The molecule has 4 heterocycles. The van der Waals surface area contributed by atoms with Gasteiger partial charge in [0, 0.05) is 31.0 Å². The van der Waals surface area contributed by atoms with Crippen LogP contribution in [0.25, 0.3) is 22.6 Å². The molecule has 1 amide bonds. The first-order valence-electron chi connectivity index (χ1n) is 11.7. The molecule has 0 saturated carbocycles. The number of amides is 1. The highest BCUT2D eigenvalue weighted by atomic mass is 16.6. The molecule has 1 saturated heterocycles. The van der Waals surface area contributed by atoms with Crippen LogP contribution in [-0.2, 0) is 16.1 Å². The molecule has 36 heavy (non-hydrogen) atoms. The molecule has 5 rings (SSSR count). The van der Waals surface area contributed by atoms with Gasteiger partial charge < -0.3 is 25.6 Å². The van der Waals surface area contributed by atoms with Crippen LogP contribution in [0.1, 0.15) is 24.3 Å². The van der Waals surface area contributed by atoms with Crippen LogP contribution in [0, 0.1) is 6.92 Å². The van der Waals surface area contributed by atoms with Gasteiger partial charge in [0.15, 0.2) is 35.1 Å². The highest BCUT2D eigenvalue weighted by molar-refractivity contribution is 5.85. The van der Waals surface area contributed by atoms with Gasteiger partial charge in [-0.1, -0.05) is 30.3 Å². The molecule has 1 aromatic carbocycles. The number of pyridine rings is 1. The minimum atomic E-state index is -1.41. The number of anilines is 1. The fraction of sp³-hybridized carbons (Fsp3) is 0.320. The smallest absolute Gasteiger partial charge is 0.252 e. The highest BCUT2D eigenvalue weighted by Gasteiger charge is 2.47. The Hall–Kier alpha value is -3.93. The molecule has 1 aliphatic rings. The normalized spacial score (nSPS) is 21.6. The molecular formula is C25H27N7O4. The molecule has 0 bridgehead atoms. The summed E-state index contributed by atoms with van der Waals surface area (Å²) in [5.41, 5.74) is 3.56. The number of aliphatic hydroxyl groups excluding tert-OH is 2. The van der Waals surface area contributed by atoms with Crippen LogP contribution >= 0.6 is 0 Å². The molecule has 0 aliphatic carbocycles. The maximum Gasteiger partial charge on any atom is 0.252 e. The third-order valence-corrected chi connectivity index (χ3v) is 5.98. The number of carbonyl (C=O) groups excluding carboxylic acids is 1. The molecule has 4 atom stereocenters. The zero-order chi connectivity index (χ0) is 25.2. The van der Waals surface area contributed by atoms with E-state index in [-0.39, 0.29) is 0 Å². The number of likely N-dealkylation sites (N-methyl/N-ethyl adjacent to an activating group) is 1. The zero-order valence-electron chi connectivity index (χ0n) is 19.9. The lowest BCUT2D eigenvalue weighted by Gasteiger charge is -2.17. The van der Waals surface area contributed by atoms with Crippen LogP contribution in [0.15, 0.2) is 55.1 Å². The maximum atomic E-state index is 12.4. The lowest BCUT2D eigenvalue weighted by atomic mass is 10.1. The molecule has 0 radical (unpaired) electrons. The van der Waals surface area contributed by atoms with Gasteiger partial charge in [-0.25, -0.2) is 15.0 Å². The summed E-state index contributed by atoms with van der Waals surface area (Å²) in [4.78, 5) is 30.5. The van der Waals surface area contributed by atoms with Gasteiger partial charge in [-0.15, -0.1) is 0 Å². The quantitative estimate of drug-likeness (QED) is 0.304. The van der Waals surface area contributed by atoms with E-state index in [1.165, 1.54) is 10.9 Å². The van der Waals surface area contributed by atoms with Crippen molar-refractivity contribution in [2.45, 2.75) is 44.9 Å². The van der Waals surface area contributed by atoms with E-state index in [0.717, 1.165) is 11.1 Å². The summed E-state index contributed by atoms with van der Waals surface area (Å²) in [6, 6.07) is 11.8. The number of aryl methyl sites for hydroxylation is 1. The topological polar surface area (TPSA) is 147 Å². The average molecular weight is 490 g/mol. The van der Waals surface area contributed by atoms with Crippen LogP contribution in [0.3, 0.4) is 0 Å². The van der Waals surface area contributed by atoms with E-state index in [1.54, 1.807) is 19.3 Å². The van der Waals surface area contributed by atoms with Gasteiger partial charge in [0.05, 0.1) is 6.33 Å². The standard InChI is InChI=1S/C25H27N7O4/c1-3-27-24(35)20-18(33)19(34)25(36-20)32-13-29-17-22(28-11-15-7-5-4-6-8-15)30-21(31-23(17)32)16-9-14(2)10-26-12-16/h4-10,12-13,18-20,25,33-34H,3,11H2,1-2H3,(H,27,35)(H,28,30,31)/t18-,19+,20-,25+/m0/s1. The number of rotatable bonds is 7. The molecule has 11 heteroatoms. The van der Waals surface area contributed by atoms with Crippen LogP contribution < -0.4 is 10.6 Å². The number of carbonyl (C=O) groups is 1. The third-order valence-electron chi connectivity index (χ3n) is 5.98. The summed E-state index contributed by atoms with van der Waals surface area (Å²) in [5, 5.41) is 27.2. The Bertz CT molecular complexity index is 1380. The van der Waals surface area contributed by atoms with Gasteiger partial charge in [0.25, 0.3) is 5.91 Å². The van der Waals surface area contributed by atoms with Gasteiger partial charge in [-0.2, -0.15) is 0 Å². The van der Waals surface area contributed by atoms with Crippen molar-refractivity contribution in [3.63, 3.8) is 0 Å². The van der Waals surface area contributed by atoms with E-state index in [0.29, 0.717) is 41.5 Å². The van der Waals surface area contributed by atoms with Crippen molar-refractivity contribution < 1.29 is 19.7 Å². The van der Waals surface area contributed by atoms with Crippen molar-refractivity contribution in [3.05, 3.63) is 66.2 Å². The largest absolute Gasteiger partial charge is 0.387 e.